The van der Waals surface area contributed by atoms with Crippen molar-refractivity contribution in [3.63, 3.8) is 0 Å². The molecule has 2 aromatic rings. The molecule has 106 valence electrons. The Kier molecular flexibility index (Phi) is 4.99. The van der Waals surface area contributed by atoms with Crippen molar-refractivity contribution >= 4 is 28.3 Å². The number of aryl methyl sites for hydroxylation is 2. The van der Waals surface area contributed by atoms with Crippen molar-refractivity contribution in [1.29, 1.82) is 0 Å². The van der Waals surface area contributed by atoms with Crippen LogP contribution in [0.2, 0.25) is 0 Å². The number of para-hydroxylation sites is 2. The van der Waals surface area contributed by atoms with Crippen molar-refractivity contribution in [2.45, 2.75) is 19.9 Å². The number of hydrogen-bond donors (Lipinski definition) is 1. The van der Waals surface area contributed by atoms with Crippen molar-refractivity contribution in [2.75, 3.05) is 12.3 Å². The monoisotopic (exact) mass is 385 g/mol. The molecule has 0 fully saturated rings. The van der Waals surface area contributed by atoms with Crippen LogP contribution in [0.25, 0.3) is 0 Å². The van der Waals surface area contributed by atoms with Gasteiger partial charge in [0.05, 0.1) is 27.9 Å². The van der Waals surface area contributed by atoms with Gasteiger partial charge in [-0.2, -0.15) is 0 Å². The molecule has 0 saturated carbocycles. The van der Waals surface area contributed by atoms with E-state index in [1.807, 2.05) is 47.7 Å². The number of nitrogens with two attached hydrogens (primary N) is 1. The zero-order chi connectivity index (χ0) is 14.5. The fourth-order valence-corrected chi connectivity index (χ4v) is 2.18. The average molecular weight is 385 g/mol. The molecule has 1 aromatic heterocycles. The molecule has 1 aromatic carbocycles. The number of nitrogens with zero attached hydrogens (tertiary/aromatic N) is 2. The van der Waals surface area contributed by atoms with Gasteiger partial charge in [-0.25, -0.2) is 4.98 Å². The summed E-state index contributed by atoms with van der Waals surface area (Å²) in [5, 5.41) is 0. The molecule has 0 atom stereocenters. The summed E-state index contributed by atoms with van der Waals surface area (Å²) < 4.78 is 7.86. The second-order valence-electron chi connectivity index (χ2n) is 4.38. The van der Waals surface area contributed by atoms with Gasteiger partial charge in [-0.05, 0) is 48.1 Å². The Morgan fingerprint density at radius 3 is 2.90 bits per heavy atom. The lowest BCUT2D eigenvalue weighted by molar-refractivity contribution is 0.302. The molecule has 20 heavy (non-hydrogen) atoms. The second kappa shape index (κ2) is 6.74. The van der Waals surface area contributed by atoms with E-state index in [4.69, 9.17) is 10.5 Å². The summed E-state index contributed by atoms with van der Waals surface area (Å²) in [4.78, 5) is 16.1. The summed E-state index contributed by atoms with van der Waals surface area (Å²) in [6.07, 6.45) is 2.30. The first-order valence-corrected chi connectivity index (χ1v) is 7.36. The van der Waals surface area contributed by atoms with Crippen LogP contribution < -0.4 is 16.0 Å². The molecule has 0 radical (unpaired) electrons. The molecule has 2 N–H and O–H groups in total. The average Bonchev–Trinajstić information content (AvgIpc) is 2.45. The fourth-order valence-electron chi connectivity index (χ4n) is 1.73. The largest absolute Gasteiger partial charge is 0.491 e. The third kappa shape index (κ3) is 3.50. The van der Waals surface area contributed by atoms with Crippen LogP contribution in [0.5, 0.6) is 5.75 Å². The van der Waals surface area contributed by atoms with Crippen LogP contribution in [0.3, 0.4) is 0 Å². The lowest BCUT2D eigenvalue weighted by Crippen LogP contribution is -2.24. The molecule has 0 aliphatic heterocycles. The van der Waals surface area contributed by atoms with E-state index < -0.39 is 0 Å². The Bertz CT molecular complexity index is 655. The third-order valence-electron chi connectivity index (χ3n) is 2.88. The Balaban J connectivity index is 1.90. The summed E-state index contributed by atoms with van der Waals surface area (Å²) >= 11 is 2.03. The molecular weight excluding hydrogens is 369 g/mol. The lowest BCUT2D eigenvalue weighted by atomic mass is 10.3. The SMILES string of the molecule is Cc1ncn(CCCOc2ccccc2N)c(=O)c1I. The fraction of sp³-hybridized carbons (Fsp3) is 0.286. The quantitative estimate of drug-likeness (QED) is 0.487. The molecule has 0 amide bonds. The maximum atomic E-state index is 12.0. The molecule has 2 rings (SSSR count). The van der Waals surface area contributed by atoms with Gasteiger partial charge in [0, 0.05) is 6.54 Å². The Labute approximate surface area is 130 Å². The topological polar surface area (TPSA) is 70.1 Å². The van der Waals surface area contributed by atoms with Crippen molar-refractivity contribution in [3.05, 3.63) is 50.2 Å². The number of halogens is 1. The van der Waals surface area contributed by atoms with Gasteiger partial charge < -0.3 is 10.5 Å². The summed E-state index contributed by atoms with van der Waals surface area (Å²) in [6.45, 7) is 2.91. The van der Waals surface area contributed by atoms with Gasteiger partial charge in [0.15, 0.2) is 0 Å². The van der Waals surface area contributed by atoms with Gasteiger partial charge in [0.1, 0.15) is 5.75 Å². The van der Waals surface area contributed by atoms with Crippen LogP contribution in [0.1, 0.15) is 12.1 Å². The van der Waals surface area contributed by atoms with E-state index in [-0.39, 0.29) is 5.56 Å². The van der Waals surface area contributed by atoms with E-state index in [0.29, 0.717) is 28.2 Å². The first-order chi connectivity index (χ1) is 9.59. The predicted octanol–water partition coefficient (Wildman–Crippen LogP) is 2.21. The number of anilines is 1. The van der Waals surface area contributed by atoms with Crippen molar-refractivity contribution in [1.82, 2.24) is 9.55 Å². The number of nitrogen functional groups attached to an aromatic ring is 1. The minimum Gasteiger partial charge on any atom is -0.491 e. The zero-order valence-corrected chi connectivity index (χ0v) is 13.3. The molecule has 0 aliphatic carbocycles. The van der Waals surface area contributed by atoms with E-state index >= 15 is 0 Å². The highest BCUT2D eigenvalue weighted by atomic mass is 127. The van der Waals surface area contributed by atoms with Crippen molar-refractivity contribution in [3.8, 4) is 5.75 Å². The van der Waals surface area contributed by atoms with Gasteiger partial charge in [0.2, 0.25) is 0 Å². The van der Waals surface area contributed by atoms with E-state index in [9.17, 15) is 4.79 Å². The van der Waals surface area contributed by atoms with E-state index in [1.54, 1.807) is 17.0 Å². The van der Waals surface area contributed by atoms with Gasteiger partial charge in [0.25, 0.3) is 5.56 Å². The Morgan fingerprint density at radius 1 is 1.40 bits per heavy atom. The Hall–Kier alpha value is -1.57. The maximum absolute atomic E-state index is 12.0. The molecule has 0 unspecified atom stereocenters. The minimum atomic E-state index is -0.00248. The molecular formula is C14H16IN3O2. The van der Waals surface area contributed by atoms with Crippen LogP contribution in [-0.2, 0) is 6.54 Å². The van der Waals surface area contributed by atoms with Crippen LogP contribution in [0.4, 0.5) is 5.69 Å². The van der Waals surface area contributed by atoms with Gasteiger partial charge in [-0.15, -0.1) is 0 Å². The normalized spacial score (nSPS) is 10.5. The first kappa shape index (κ1) is 14.8. The van der Waals surface area contributed by atoms with Gasteiger partial charge >= 0.3 is 0 Å². The second-order valence-corrected chi connectivity index (χ2v) is 5.46. The number of ether oxygens (including phenoxy) is 1. The number of hydrogen-bond acceptors (Lipinski definition) is 4. The zero-order valence-electron chi connectivity index (χ0n) is 11.2. The van der Waals surface area contributed by atoms with Crippen LogP contribution in [0, 0.1) is 10.5 Å². The number of benzene rings is 1. The highest BCUT2D eigenvalue weighted by Gasteiger charge is 2.05. The maximum Gasteiger partial charge on any atom is 0.267 e. The molecule has 1 heterocycles. The molecule has 5 nitrogen and oxygen atoms in total. The van der Waals surface area contributed by atoms with Gasteiger partial charge in [-0.1, -0.05) is 12.1 Å². The van der Waals surface area contributed by atoms with Crippen molar-refractivity contribution in [2.24, 2.45) is 0 Å². The van der Waals surface area contributed by atoms with Crippen molar-refractivity contribution < 1.29 is 4.74 Å². The third-order valence-corrected chi connectivity index (χ3v) is 4.12. The minimum absolute atomic E-state index is 0.00248. The van der Waals surface area contributed by atoms with E-state index in [2.05, 4.69) is 4.98 Å². The lowest BCUT2D eigenvalue weighted by Gasteiger charge is -2.10. The first-order valence-electron chi connectivity index (χ1n) is 6.28. The summed E-state index contributed by atoms with van der Waals surface area (Å²) in [5.41, 5.74) is 7.17. The highest BCUT2D eigenvalue weighted by molar-refractivity contribution is 14.1. The van der Waals surface area contributed by atoms with E-state index in [0.717, 1.165) is 12.1 Å². The van der Waals surface area contributed by atoms with Crippen LogP contribution >= 0.6 is 22.6 Å². The molecule has 6 heteroatoms. The number of rotatable bonds is 5. The standard InChI is InChI=1S/C14H16IN3O2/c1-10-13(15)14(19)18(9-17-10)7-4-8-20-12-6-3-2-5-11(12)16/h2-3,5-6,9H,4,7-8,16H2,1H3. The smallest absolute Gasteiger partial charge is 0.267 e. The van der Waals surface area contributed by atoms with E-state index in [1.165, 1.54) is 0 Å². The van der Waals surface area contributed by atoms with Crippen LogP contribution in [-0.4, -0.2) is 16.2 Å². The number of aromatic nitrogens is 2. The molecule has 0 spiro atoms. The summed E-state index contributed by atoms with van der Waals surface area (Å²) in [7, 11) is 0. The summed E-state index contributed by atoms with van der Waals surface area (Å²) in [5.74, 6) is 0.677. The van der Waals surface area contributed by atoms with Crippen LogP contribution in [0.15, 0.2) is 35.4 Å². The van der Waals surface area contributed by atoms with Gasteiger partial charge in [-0.3, -0.25) is 9.36 Å². The Morgan fingerprint density at radius 2 is 2.15 bits per heavy atom. The summed E-state index contributed by atoms with van der Waals surface area (Å²) in [6, 6.07) is 7.37. The highest BCUT2D eigenvalue weighted by Crippen LogP contribution is 2.19. The molecule has 0 bridgehead atoms. The predicted molar refractivity (Wildman–Crippen MR) is 86.9 cm³/mol. The molecule has 0 saturated heterocycles. The molecule has 0 aliphatic rings.